The molecule has 0 aliphatic rings. The molecule has 1 amide bonds. The van der Waals surface area contributed by atoms with Gasteiger partial charge < -0.3 is 19.3 Å². The molecular weight excluding hydrogens is 384 g/mol. The summed E-state index contributed by atoms with van der Waals surface area (Å²) in [5, 5.41) is 6.52. The Bertz CT molecular complexity index is 974. The molecule has 0 aliphatic carbocycles. The number of halogens is 2. The van der Waals surface area contributed by atoms with Crippen molar-refractivity contribution in [2.45, 2.75) is 20.0 Å². The lowest BCUT2D eigenvalue weighted by Gasteiger charge is -2.12. The lowest BCUT2D eigenvalue weighted by Crippen LogP contribution is -2.25. The molecular formula is C20H19F2N3O4. The summed E-state index contributed by atoms with van der Waals surface area (Å²) in [4.78, 5) is 16.4. The highest BCUT2D eigenvalue weighted by atomic mass is 19.3. The number of methoxy groups -OCH3 is 1. The molecule has 1 aromatic heterocycles. The quantitative estimate of drug-likeness (QED) is 0.618. The van der Waals surface area contributed by atoms with Crippen molar-refractivity contribution in [2.75, 3.05) is 13.7 Å². The Hall–Kier alpha value is -3.49. The average Bonchev–Trinajstić information content (AvgIpc) is 3.14. The summed E-state index contributed by atoms with van der Waals surface area (Å²) < 4.78 is 39.6. The maximum atomic E-state index is 12.5. The molecule has 152 valence electrons. The molecule has 0 spiro atoms. The summed E-state index contributed by atoms with van der Waals surface area (Å²) in [6.45, 7) is -0.901. The Morgan fingerprint density at radius 2 is 1.93 bits per heavy atom. The minimum absolute atomic E-state index is 0.0434. The second-order valence-electron chi connectivity index (χ2n) is 6.09. The molecule has 0 atom stereocenters. The average molecular weight is 403 g/mol. The van der Waals surface area contributed by atoms with Crippen molar-refractivity contribution < 1.29 is 27.6 Å². The van der Waals surface area contributed by atoms with Crippen LogP contribution in [-0.4, -0.2) is 36.3 Å². The van der Waals surface area contributed by atoms with Gasteiger partial charge in [0.05, 0.1) is 7.11 Å². The van der Waals surface area contributed by atoms with Crippen molar-refractivity contribution in [2.24, 2.45) is 0 Å². The minimum Gasteiger partial charge on any atom is -0.493 e. The molecule has 0 bridgehead atoms. The normalized spacial score (nSPS) is 10.8. The van der Waals surface area contributed by atoms with Crippen LogP contribution in [0.1, 0.15) is 21.7 Å². The van der Waals surface area contributed by atoms with E-state index in [1.165, 1.54) is 13.2 Å². The van der Waals surface area contributed by atoms with Crippen molar-refractivity contribution in [3.63, 3.8) is 0 Å². The van der Waals surface area contributed by atoms with Crippen LogP contribution in [0.25, 0.3) is 11.5 Å². The van der Waals surface area contributed by atoms with Crippen LogP contribution >= 0.6 is 0 Å². The molecule has 3 aromatic rings. The van der Waals surface area contributed by atoms with Gasteiger partial charge in [-0.1, -0.05) is 11.2 Å². The molecule has 7 nitrogen and oxygen atoms in total. The van der Waals surface area contributed by atoms with Crippen molar-refractivity contribution in [3.8, 4) is 23.0 Å². The standard InChI is InChI=1S/C20H19F2N3O4/c1-12-24-19(29-25-12)15-6-4-14(5-7-15)18(26)23-10-9-13-3-8-16(27-2)17(11-13)28-20(21)22/h3-8,11,20H,9-10H2,1-2H3,(H,23,26). The molecule has 0 saturated heterocycles. The molecule has 2 aromatic carbocycles. The Balaban J connectivity index is 1.57. The number of ether oxygens (including phenoxy) is 2. The number of aromatic nitrogens is 2. The van der Waals surface area contributed by atoms with E-state index in [0.717, 1.165) is 5.56 Å². The van der Waals surface area contributed by atoms with Crippen LogP contribution in [0.4, 0.5) is 8.78 Å². The maximum Gasteiger partial charge on any atom is 0.387 e. The second-order valence-corrected chi connectivity index (χ2v) is 6.09. The van der Waals surface area contributed by atoms with Gasteiger partial charge in [-0.2, -0.15) is 13.8 Å². The first-order valence-corrected chi connectivity index (χ1v) is 8.77. The molecule has 0 unspecified atom stereocenters. The summed E-state index contributed by atoms with van der Waals surface area (Å²) in [5.41, 5.74) is 1.91. The smallest absolute Gasteiger partial charge is 0.387 e. The Morgan fingerprint density at radius 3 is 2.55 bits per heavy atom. The van der Waals surface area contributed by atoms with Crippen LogP contribution in [0, 0.1) is 6.92 Å². The van der Waals surface area contributed by atoms with E-state index in [0.29, 0.717) is 35.8 Å². The lowest BCUT2D eigenvalue weighted by atomic mass is 10.1. The number of carbonyl (C=O) groups excluding carboxylic acids is 1. The van der Waals surface area contributed by atoms with E-state index >= 15 is 0 Å². The number of nitrogens with one attached hydrogen (secondary N) is 1. The number of aryl methyl sites for hydroxylation is 1. The highest BCUT2D eigenvalue weighted by molar-refractivity contribution is 5.94. The van der Waals surface area contributed by atoms with Crippen molar-refractivity contribution in [1.82, 2.24) is 15.5 Å². The van der Waals surface area contributed by atoms with E-state index in [1.54, 1.807) is 43.3 Å². The van der Waals surface area contributed by atoms with E-state index in [-0.39, 0.29) is 17.4 Å². The molecule has 0 radical (unpaired) electrons. The molecule has 3 rings (SSSR count). The highest BCUT2D eigenvalue weighted by Crippen LogP contribution is 2.29. The van der Waals surface area contributed by atoms with Gasteiger partial charge in [0.15, 0.2) is 17.3 Å². The first-order valence-electron chi connectivity index (χ1n) is 8.77. The van der Waals surface area contributed by atoms with Gasteiger partial charge in [0, 0.05) is 17.7 Å². The van der Waals surface area contributed by atoms with Gasteiger partial charge in [0.2, 0.25) is 0 Å². The van der Waals surface area contributed by atoms with Gasteiger partial charge in [0.25, 0.3) is 11.8 Å². The lowest BCUT2D eigenvalue weighted by molar-refractivity contribution is -0.0512. The first-order chi connectivity index (χ1) is 14.0. The fraction of sp³-hybridized carbons (Fsp3) is 0.250. The number of benzene rings is 2. The van der Waals surface area contributed by atoms with E-state index in [4.69, 9.17) is 9.26 Å². The predicted molar refractivity (Wildman–Crippen MR) is 100 cm³/mol. The third-order valence-corrected chi connectivity index (χ3v) is 4.06. The Morgan fingerprint density at radius 1 is 1.17 bits per heavy atom. The van der Waals surface area contributed by atoms with E-state index in [1.807, 2.05) is 0 Å². The van der Waals surface area contributed by atoms with Gasteiger partial charge in [-0.3, -0.25) is 4.79 Å². The third kappa shape index (κ3) is 5.28. The topological polar surface area (TPSA) is 86.5 Å². The summed E-state index contributed by atoms with van der Waals surface area (Å²) in [5.74, 6) is 0.835. The number of nitrogens with zero attached hydrogens (tertiary/aromatic N) is 2. The zero-order valence-corrected chi connectivity index (χ0v) is 15.8. The monoisotopic (exact) mass is 403 g/mol. The molecule has 1 N–H and O–H groups in total. The molecule has 0 saturated carbocycles. The number of rotatable bonds is 8. The summed E-state index contributed by atoms with van der Waals surface area (Å²) in [7, 11) is 1.37. The number of hydrogen-bond acceptors (Lipinski definition) is 6. The summed E-state index contributed by atoms with van der Waals surface area (Å²) >= 11 is 0. The van der Waals surface area contributed by atoms with Crippen molar-refractivity contribution >= 4 is 5.91 Å². The van der Waals surface area contributed by atoms with Gasteiger partial charge >= 0.3 is 6.61 Å². The van der Waals surface area contributed by atoms with Crippen LogP contribution < -0.4 is 14.8 Å². The zero-order valence-electron chi connectivity index (χ0n) is 15.8. The molecule has 1 heterocycles. The molecule has 9 heteroatoms. The number of carbonyl (C=O) groups is 1. The number of alkyl halides is 2. The van der Waals surface area contributed by atoms with E-state index < -0.39 is 6.61 Å². The maximum absolute atomic E-state index is 12.5. The Kier molecular flexibility index (Phi) is 6.38. The molecule has 29 heavy (non-hydrogen) atoms. The van der Waals surface area contributed by atoms with Gasteiger partial charge in [-0.05, 0) is 55.3 Å². The fourth-order valence-electron chi connectivity index (χ4n) is 2.67. The number of amides is 1. The zero-order chi connectivity index (χ0) is 20.8. The SMILES string of the molecule is COc1ccc(CCNC(=O)c2ccc(-c3nc(C)no3)cc2)cc1OC(F)F. The van der Waals surface area contributed by atoms with E-state index in [2.05, 4.69) is 20.2 Å². The minimum atomic E-state index is -2.95. The van der Waals surface area contributed by atoms with Crippen LogP contribution in [0.15, 0.2) is 47.0 Å². The van der Waals surface area contributed by atoms with Gasteiger partial charge in [-0.25, -0.2) is 0 Å². The Labute approximate surface area is 165 Å². The summed E-state index contributed by atoms with van der Waals surface area (Å²) in [6, 6.07) is 11.5. The first kappa shape index (κ1) is 20.2. The largest absolute Gasteiger partial charge is 0.493 e. The highest BCUT2D eigenvalue weighted by Gasteiger charge is 2.12. The van der Waals surface area contributed by atoms with Crippen LogP contribution in [0.2, 0.25) is 0 Å². The van der Waals surface area contributed by atoms with Gasteiger partial charge in [0.1, 0.15) is 0 Å². The van der Waals surface area contributed by atoms with Crippen LogP contribution in [0.5, 0.6) is 11.5 Å². The second kappa shape index (κ2) is 9.13. The number of hydrogen-bond donors (Lipinski definition) is 1. The van der Waals surface area contributed by atoms with E-state index in [9.17, 15) is 13.6 Å². The molecule has 0 aliphatic heterocycles. The molecule has 0 fully saturated rings. The predicted octanol–water partition coefficient (Wildman–Crippen LogP) is 3.63. The van der Waals surface area contributed by atoms with Crippen LogP contribution in [-0.2, 0) is 6.42 Å². The van der Waals surface area contributed by atoms with Crippen LogP contribution in [0.3, 0.4) is 0 Å². The summed E-state index contributed by atoms with van der Waals surface area (Å²) in [6.07, 6.45) is 0.439. The van der Waals surface area contributed by atoms with Gasteiger partial charge in [-0.15, -0.1) is 0 Å². The fourth-order valence-corrected chi connectivity index (χ4v) is 2.67. The van der Waals surface area contributed by atoms with Crippen molar-refractivity contribution in [1.29, 1.82) is 0 Å². The van der Waals surface area contributed by atoms with Crippen molar-refractivity contribution in [3.05, 3.63) is 59.4 Å². The third-order valence-electron chi connectivity index (χ3n) is 4.06.